The molecule has 3 heterocycles. The molecule has 0 aromatic carbocycles. The summed E-state index contributed by atoms with van der Waals surface area (Å²) in [6.07, 6.45) is 9.66. The first kappa shape index (κ1) is 17.2. The predicted octanol–water partition coefficient (Wildman–Crippen LogP) is 2.55. The molecule has 5 nitrogen and oxygen atoms in total. The van der Waals surface area contributed by atoms with Gasteiger partial charge in [0.2, 0.25) is 0 Å². The lowest BCUT2D eigenvalue weighted by molar-refractivity contribution is 0.0988. The minimum atomic E-state index is -0.443. The molecule has 0 amide bonds. The van der Waals surface area contributed by atoms with Gasteiger partial charge in [-0.15, -0.1) is 6.42 Å². The lowest BCUT2D eigenvalue weighted by atomic mass is 9.92. The van der Waals surface area contributed by atoms with E-state index in [4.69, 9.17) is 12.2 Å². The number of ketones is 1. The van der Waals surface area contributed by atoms with Gasteiger partial charge in [-0.05, 0) is 43.2 Å². The van der Waals surface area contributed by atoms with Gasteiger partial charge in [-0.3, -0.25) is 14.8 Å². The number of nitrogens with two attached hydrogens (primary N) is 1. The smallest absolute Gasteiger partial charge is 0.185 e. The summed E-state index contributed by atoms with van der Waals surface area (Å²) >= 11 is 1.55. The maximum Gasteiger partial charge on any atom is 0.185 e. The van der Waals surface area contributed by atoms with Crippen LogP contribution in [0.15, 0.2) is 41.7 Å². The molecule has 126 valence electrons. The van der Waals surface area contributed by atoms with Gasteiger partial charge in [0.05, 0.1) is 5.69 Å². The molecule has 25 heavy (non-hydrogen) atoms. The van der Waals surface area contributed by atoms with Crippen molar-refractivity contribution in [2.24, 2.45) is 10.7 Å². The highest BCUT2D eigenvalue weighted by molar-refractivity contribution is 8.13. The van der Waals surface area contributed by atoms with Crippen molar-refractivity contribution in [3.63, 3.8) is 0 Å². The van der Waals surface area contributed by atoms with Gasteiger partial charge in [0, 0.05) is 30.1 Å². The lowest BCUT2D eigenvalue weighted by Gasteiger charge is -2.28. The average molecular weight is 350 g/mol. The van der Waals surface area contributed by atoms with Crippen molar-refractivity contribution in [1.82, 2.24) is 9.97 Å². The van der Waals surface area contributed by atoms with Crippen molar-refractivity contribution >= 4 is 22.7 Å². The first-order valence-corrected chi connectivity index (χ1v) is 8.88. The van der Waals surface area contributed by atoms with Crippen molar-refractivity contribution in [3.05, 3.63) is 59.2 Å². The fourth-order valence-corrected chi connectivity index (χ4v) is 3.64. The van der Waals surface area contributed by atoms with E-state index in [1.165, 1.54) is 6.20 Å². The Morgan fingerprint density at radius 2 is 2.24 bits per heavy atom. The SMILES string of the molecule is C#Cc1ccc(C(=O)Cc2ccnc([C@]3(C)CCSC(N)=N3)c2)nc1. The van der Waals surface area contributed by atoms with E-state index in [0.717, 1.165) is 23.4 Å². The van der Waals surface area contributed by atoms with Crippen LogP contribution in [0.2, 0.25) is 0 Å². The van der Waals surface area contributed by atoms with Crippen LogP contribution in [0, 0.1) is 12.3 Å². The van der Waals surface area contributed by atoms with Gasteiger partial charge < -0.3 is 5.73 Å². The Bertz CT molecular complexity index is 870. The number of Topliss-reactive ketones (excluding diaryl/α,β-unsaturated/α-hetero) is 1. The summed E-state index contributed by atoms with van der Waals surface area (Å²) in [5, 5.41) is 0.579. The molecule has 2 N–H and O–H groups in total. The van der Waals surface area contributed by atoms with Crippen molar-refractivity contribution in [2.75, 3.05) is 5.75 Å². The molecular weight excluding hydrogens is 332 g/mol. The van der Waals surface area contributed by atoms with Crippen LogP contribution in [-0.2, 0) is 12.0 Å². The third kappa shape index (κ3) is 3.89. The monoisotopic (exact) mass is 350 g/mol. The van der Waals surface area contributed by atoms with E-state index in [-0.39, 0.29) is 12.2 Å². The van der Waals surface area contributed by atoms with E-state index in [1.54, 1.807) is 30.1 Å². The number of pyridine rings is 2. The number of rotatable bonds is 4. The number of nitrogens with zero attached hydrogens (tertiary/aromatic N) is 3. The third-order valence-electron chi connectivity index (χ3n) is 4.15. The largest absolute Gasteiger partial charge is 0.379 e. The molecular formula is C19H18N4OS. The molecule has 2 aromatic heterocycles. The normalized spacial score (nSPS) is 19.8. The topological polar surface area (TPSA) is 81.2 Å². The molecule has 0 radical (unpaired) electrons. The molecule has 0 bridgehead atoms. The van der Waals surface area contributed by atoms with E-state index in [0.29, 0.717) is 16.4 Å². The van der Waals surface area contributed by atoms with E-state index in [9.17, 15) is 4.79 Å². The Morgan fingerprint density at radius 1 is 1.40 bits per heavy atom. The van der Waals surface area contributed by atoms with Crippen LogP contribution < -0.4 is 5.73 Å². The summed E-state index contributed by atoms with van der Waals surface area (Å²) in [6.45, 7) is 2.02. The second kappa shape index (κ2) is 7.08. The van der Waals surface area contributed by atoms with Gasteiger partial charge in [0.15, 0.2) is 11.0 Å². The van der Waals surface area contributed by atoms with E-state index in [1.807, 2.05) is 19.1 Å². The van der Waals surface area contributed by atoms with Gasteiger partial charge >= 0.3 is 0 Å². The molecule has 0 saturated carbocycles. The number of amidine groups is 1. The van der Waals surface area contributed by atoms with E-state index in [2.05, 4.69) is 20.9 Å². The van der Waals surface area contributed by atoms with E-state index >= 15 is 0 Å². The second-order valence-corrected chi connectivity index (χ2v) is 7.16. The minimum absolute atomic E-state index is 0.0620. The fourth-order valence-electron chi connectivity index (χ4n) is 2.67. The molecule has 1 atom stereocenters. The van der Waals surface area contributed by atoms with Crippen molar-refractivity contribution in [2.45, 2.75) is 25.3 Å². The molecule has 6 heteroatoms. The van der Waals surface area contributed by atoms with Crippen LogP contribution in [0.4, 0.5) is 0 Å². The highest BCUT2D eigenvalue weighted by Crippen LogP contribution is 2.34. The zero-order valence-corrected chi connectivity index (χ0v) is 14.7. The molecule has 1 aliphatic heterocycles. The van der Waals surface area contributed by atoms with Crippen molar-refractivity contribution < 1.29 is 4.79 Å². The van der Waals surface area contributed by atoms with Gasteiger partial charge in [-0.1, -0.05) is 17.7 Å². The van der Waals surface area contributed by atoms with Crippen LogP contribution in [-0.4, -0.2) is 26.7 Å². The number of carbonyl (C=O) groups excluding carboxylic acids is 1. The number of thioether (sulfide) groups is 1. The second-order valence-electron chi connectivity index (χ2n) is 6.05. The first-order valence-electron chi connectivity index (χ1n) is 7.89. The Hall–Kier alpha value is -2.65. The first-order chi connectivity index (χ1) is 12.0. The number of aromatic nitrogens is 2. The van der Waals surface area contributed by atoms with Crippen LogP contribution in [0.5, 0.6) is 0 Å². The molecule has 0 fully saturated rings. The van der Waals surface area contributed by atoms with Gasteiger partial charge in [-0.25, -0.2) is 4.99 Å². The van der Waals surface area contributed by atoms with Crippen molar-refractivity contribution in [1.29, 1.82) is 0 Å². The average Bonchev–Trinajstić information content (AvgIpc) is 2.62. The Morgan fingerprint density at radius 3 is 2.92 bits per heavy atom. The molecule has 0 saturated heterocycles. The van der Waals surface area contributed by atoms with Gasteiger partial charge in [0.25, 0.3) is 0 Å². The Balaban J connectivity index is 1.81. The molecule has 0 aliphatic carbocycles. The fraction of sp³-hybridized carbons (Fsp3) is 0.263. The van der Waals surface area contributed by atoms with Crippen LogP contribution >= 0.6 is 11.8 Å². The number of terminal acetylenes is 1. The number of aliphatic imine (C=N–C) groups is 1. The Labute approximate surface area is 151 Å². The molecule has 1 aliphatic rings. The molecule has 2 aromatic rings. The van der Waals surface area contributed by atoms with E-state index < -0.39 is 5.54 Å². The standard InChI is InChI=1S/C19H18N4OS/c1-3-13-4-5-15(22-12-13)16(24)10-14-6-8-21-17(11-14)19(2)7-9-25-18(20)23-19/h1,4-6,8,11-12H,7,9-10H2,2H3,(H2,20,23)/t19-/m0/s1. The van der Waals surface area contributed by atoms with Crippen LogP contribution in [0.25, 0.3) is 0 Å². The maximum absolute atomic E-state index is 12.4. The summed E-state index contributed by atoms with van der Waals surface area (Å²) in [5.74, 6) is 3.33. The van der Waals surface area contributed by atoms with Gasteiger partial charge in [0.1, 0.15) is 11.2 Å². The lowest BCUT2D eigenvalue weighted by Crippen LogP contribution is -2.29. The van der Waals surface area contributed by atoms with Gasteiger partial charge in [-0.2, -0.15) is 0 Å². The third-order valence-corrected chi connectivity index (χ3v) is 4.95. The molecule has 0 unspecified atom stereocenters. The Kier molecular flexibility index (Phi) is 4.86. The predicted molar refractivity (Wildman–Crippen MR) is 100 cm³/mol. The van der Waals surface area contributed by atoms with Crippen molar-refractivity contribution in [3.8, 4) is 12.3 Å². The number of carbonyl (C=O) groups is 1. The minimum Gasteiger partial charge on any atom is -0.379 e. The summed E-state index contributed by atoms with van der Waals surface area (Å²) in [7, 11) is 0. The molecule has 0 spiro atoms. The summed E-state index contributed by atoms with van der Waals surface area (Å²) in [6, 6.07) is 7.15. The highest BCUT2D eigenvalue weighted by Gasteiger charge is 2.31. The molecule has 3 rings (SSSR count). The summed E-state index contributed by atoms with van der Waals surface area (Å²) in [5.41, 5.74) is 8.20. The summed E-state index contributed by atoms with van der Waals surface area (Å²) < 4.78 is 0. The van der Waals surface area contributed by atoms with Crippen LogP contribution in [0.1, 0.15) is 40.7 Å². The quantitative estimate of drug-likeness (QED) is 0.677. The highest BCUT2D eigenvalue weighted by atomic mass is 32.2. The summed E-state index contributed by atoms with van der Waals surface area (Å²) in [4.78, 5) is 25.6. The number of hydrogen-bond donors (Lipinski definition) is 1. The maximum atomic E-state index is 12.4. The van der Waals surface area contributed by atoms with Crippen LogP contribution in [0.3, 0.4) is 0 Å². The number of hydrogen-bond acceptors (Lipinski definition) is 6. The zero-order chi connectivity index (χ0) is 17.9. The zero-order valence-electron chi connectivity index (χ0n) is 13.9.